The molecule has 2 aromatic rings. The quantitative estimate of drug-likeness (QED) is 0.823. The third kappa shape index (κ3) is 3.46. The molecule has 1 heterocycles. The van der Waals surface area contributed by atoms with Gasteiger partial charge in [0.1, 0.15) is 0 Å². The van der Waals surface area contributed by atoms with E-state index < -0.39 is 20.0 Å². The molecule has 0 atom stereocenters. The summed E-state index contributed by atoms with van der Waals surface area (Å²) in [7, 11) is -6.93. The zero-order chi connectivity index (χ0) is 17.4. The van der Waals surface area contributed by atoms with E-state index in [1.54, 1.807) is 18.2 Å². The molecule has 0 aromatic heterocycles. The predicted molar refractivity (Wildman–Crippen MR) is 93.7 cm³/mol. The van der Waals surface area contributed by atoms with Crippen molar-refractivity contribution in [1.29, 1.82) is 0 Å². The number of nitrogens with zero attached hydrogens (tertiary/aromatic N) is 2. The van der Waals surface area contributed by atoms with Crippen molar-refractivity contribution in [3.8, 4) is 0 Å². The Hall–Kier alpha value is -1.48. The van der Waals surface area contributed by atoms with E-state index >= 15 is 0 Å². The van der Waals surface area contributed by atoms with E-state index in [1.165, 1.54) is 8.61 Å². The third-order valence-electron chi connectivity index (χ3n) is 4.24. The van der Waals surface area contributed by atoms with E-state index in [4.69, 9.17) is 0 Å². The van der Waals surface area contributed by atoms with E-state index in [0.29, 0.717) is 19.5 Å². The molecular weight excluding hydrogens is 348 g/mol. The lowest BCUT2D eigenvalue weighted by molar-refractivity contribution is 0.406. The molecule has 0 radical (unpaired) electrons. The van der Waals surface area contributed by atoms with E-state index in [-0.39, 0.29) is 18.0 Å². The van der Waals surface area contributed by atoms with Crippen molar-refractivity contribution in [2.75, 3.05) is 32.4 Å². The largest absolute Gasteiger partial charge is 0.243 e. The zero-order valence-electron chi connectivity index (χ0n) is 13.4. The minimum absolute atomic E-state index is 0.169. The standard InChI is InChI=1S/C16H20N2O4S2/c1-23(19,20)17-9-4-10-18(12-11-17)24(21,22)16-8-7-14-5-2-3-6-15(14)13-16/h2-3,5-8,13H,4,9-12H2,1H3. The zero-order valence-corrected chi connectivity index (χ0v) is 15.1. The van der Waals surface area contributed by atoms with Crippen LogP contribution in [0.2, 0.25) is 0 Å². The van der Waals surface area contributed by atoms with Crippen molar-refractivity contribution in [2.24, 2.45) is 0 Å². The van der Waals surface area contributed by atoms with Crippen molar-refractivity contribution in [3.63, 3.8) is 0 Å². The molecule has 130 valence electrons. The minimum atomic E-state index is -3.63. The average Bonchev–Trinajstić information content (AvgIpc) is 2.81. The Morgan fingerprint density at radius 3 is 2.12 bits per heavy atom. The van der Waals surface area contributed by atoms with Crippen molar-refractivity contribution < 1.29 is 16.8 Å². The van der Waals surface area contributed by atoms with Gasteiger partial charge in [-0.25, -0.2) is 21.1 Å². The van der Waals surface area contributed by atoms with Crippen LogP contribution in [0.3, 0.4) is 0 Å². The second kappa shape index (κ2) is 6.44. The highest BCUT2D eigenvalue weighted by molar-refractivity contribution is 7.89. The summed E-state index contributed by atoms with van der Waals surface area (Å²) in [5.41, 5.74) is 0. The Balaban J connectivity index is 1.89. The molecule has 0 saturated carbocycles. The molecule has 3 rings (SSSR count). The maximum absolute atomic E-state index is 12.9. The molecule has 0 amide bonds. The third-order valence-corrected chi connectivity index (χ3v) is 7.44. The molecule has 0 unspecified atom stereocenters. The SMILES string of the molecule is CS(=O)(=O)N1CCCN(S(=O)(=O)c2ccc3ccccc3c2)CC1. The van der Waals surface area contributed by atoms with Crippen molar-refractivity contribution in [3.05, 3.63) is 42.5 Å². The second-order valence-electron chi connectivity index (χ2n) is 5.93. The summed E-state index contributed by atoms with van der Waals surface area (Å²) in [5.74, 6) is 0. The van der Waals surface area contributed by atoms with Gasteiger partial charge in [0.15, 0.2) is 0 Å². The Morgan fingerprint density at radius 2 is 1.42 bits per heavy atom. The number of fused-ring (bicyclic) bond motifs is 1. The van der Waals surface area contributed by atoms with Gasteiger partial charge in [0.25, 0.3) is 0 Å². The van der Waals surface area contributed by atoms with Crippen LogP contribution in [0.25, 0.3) is 10.8 Å². The molecule has 24 heavy (non-hydrogen) atoms. The lowest BCUT2D eigenvalue weighted by Crippen LogP contribution is -2.36. The van der Waals surface area contributed by atoms with Gasteiger partial charge in [-0.05, 0) is 29.3 Å². The Morgan fingerprint density at radius 1 is 0.792 bits per heavy atom. The van der Waals surface area contributed by atoms with Gasteiger partial charge in [0, 0.05) is 26.2 Å². The van der Waals surface area contributed by atoms with Crippen LogP contribution in [0.4, 0.5) is 0 Å². The van der Waals surface area contributed by atoms with Gasteiger partial charge in [-0.15, -0.1) is 0 Å². The molecule has 2 aromatic carbocycles. The van der Waals surface area contributed by atoms with Gasteiger partial charge in [-0.1, -0.05) is 30.3 Å². The molecule has 0 N–H and O–H groups in total. The summed E-state index contributed by atoms with van der Waals surface area (Å²) in [6, 6.07) is 12.7. The van der Waals surface area contributed by atoms with Crippen LogP contribution in [-0.4, -0.2) is 57.9 Å². The van der Waals surface area contributed by atoms with E-state index in [1.807, 2.05) is 24.3 Å². The molecule has 0 bridgehead atoms. The maximum atomic E-state index is 12.9. The maximum Gasteiger partial charge on any atom is 0.243 e. The highest BCUT2D eigenvalue weighted by Crippen LogP contribution is 2.23. The van der Waals surface area contributed by atoms with Gasteiger partial charge in [0.05, 0.1) is 11.2 Å². The number of rotatable bonds is 3. The average molecular weight is 368 g/mol. The molecule has 1 aliphatic rings. The lowest BCUT2D eigenvalue weighted by Gasteiger charge is -2.21. The van der Waals surface area contributed by atoms with E-state index in [9.17, 15) is 16.8 Å². The first-order chi connectivity index (χ1) is 11.3. The highest BCUT2D eigenvalue weighted by Gasteiger charge is 2.29. The minimum Gasteiger partial charge on any atom is -0.213 e. The van der Waals surface area contributed by atoms with Gasteiger partial charge < -0.3 is 0 Å². The topological polar surface area (TPSA) is 74.8 Å². The Bertz CT molecular complexity index is 955. The van der Waals surface area contributed by atoms with Crippen LogP contribution < -0.4 is 0 Å². The van der Waals surface area contributed by atoms with Gasteiger partial charge >= 0.3 is 0 Å². The summed E-state index contributed by atoms with van der Waals surface area (Å²) in [6.45, 7) is 1.03. The van der Waals surface area contributed by atoms with Crippen LogP contribution >= 0.6 is 0 Å². The van der Waals surface area contributed by atoms with Gasteiger partial charge in [-0.3, -0.25) is 0 Å². The smallest absolute Gasteiger partial charge is 0.213 e. The van der Waals surface area contributed by atoms with Crippen LogP contribution in [0.15, 0.2) is 47.4 Å². The van der Waals surface area contributed by atoms with Crippen molar-refractivity contribution in [1.82, 2.24) is 8.61 Å². The summed E-state index contributed by atoms with van der Waals surface area (Å²) >= 11 is 0. The van der Waals surface area contributed by atoms with E-state index in [2.05, 4.69) is 0 Å². The molecule has 0 aliphatic carbocycles. The molecule has 6 nitrogen and oxygen atoms in total. The van der Waals surface area contributed by atoms with Crippen molar-refractivity contribution in [2.45, 2.75) is 11.3 Å². The van der Waals surface area contributed by atoms with Crippen molar-refractivity contribution >= 4 is 30.8 Å². The molecule has 0 spiro atoms. The first-order valence-electron chi connectivity index (χ1n) is 7.72. The number of hydrogen-bond donors (Lipinski definition) is 0. The van der Waals surface area contributed by atoms with Crippen LogP contribution in [0, 0.1) is 0 Å². The molecule has 1 saturated heterocycles. The fourth-order valence-electron chi connectivity index (χ4n) is 2.92. The Kier molecular flexibility index (Phi) is 4.65. The second-order valence-corrected chi connectivity index (χ2v) is 9.85. The van der Waals surface area contributed by atoms with Crippen LogP contribution in [0.1, 0.15) is 6.42 Å². The lowest BCUT2D eigenvalue weighted by atomic mass is 10.1. The number of hydrogen-bond acceptors (Lipinski definition) is 4. The normalized spacial score (nSPS) is 18.5. The highest BCUT2D eigenvalue weighted by atomic mass is 32.2. The molecule has 1 fully saturated rings. The monoisotopic (exact) mass is 368 g/mol. The first kappa shape index (κ1) is 17.3. The van der Waals surface area contributed by atoms with Gasteiger partial charge in [-0.2, -0.15) is 4.31 Å². The Labute approximate surface area is 142 Å². The van der Waals surface area contributed by atoms with Crippen LogP contribution in [0.5, 0.6) is 0 Å². The summed E-state index contributed by atoms with van der Waals surface area (Å²) in [6.07, 6.45) is 1.64. The summed E-state index contributed by atoms with van der Waals surface area (Å²) in [5, 5.41) is 1.85. The molecule has 1 aliphatic heterocycles. The first-order valence-corrected chi connectivity index (χ1v) is 11.0. The van der Waals surface area contributed by atoms with Crippen LogP contribution in [-0.2, 0) is 20.0 Å². The fraction of sp³-hybridized carbons (Fsp3) is 0.375. The molecule has 8 heteroatoms. The fourth-order valence-corrected chi connectivity index (χ4v) is 5.30. The summed E-state index contributed by atoms with van der Waals surface area (Å²) < 4.78 is 51.8. The summed E-state index contributed by atoms with van der Waals surface area (Å²) in [4.78, 5) is 0.244. The predicted octanol–water partition coefficient (Wildman–Crippen LogP) is 1.50. The van der Waals surface area contributed by atoms with Gasteiger partial charge in [0.2, 0.25) is 20.0 Å². The molecular formula is C16H20N2O4S2. The number of benzene rings is 2. The van der Waals surface area contributed by atoms with E-state index in [0.717, 1.165) is 17.0 Å². The number of sulfonamides is 2.